The number of fused-ring (bicyclic) bond motifs is 1. The van der Waals surface area contributed by atoms with Gasteiger partial charge in [-0.15, -0.1) is 11.8 Å². The largest absolute Gasteiger partial charge is 0.341 e. The number of amides is 2. The molecule has 2 N–H and O–H groups in total. The maximum atomic E-state index is 11.6. The summed E-state index contributed by atoms with van der Waals surface area (Å²) < 4.78 is 5.22. The zero-order chi connectivity index (χ0) is 11.0. The number of ether oxygens (including phenoxy) is 1. The van der Waals surface area contributed by atoms with Gasteiger partial charge in [-0.25, -0.2) is 4.79 Å². The van der Waals surface area contributed by atoms with Crippen LogP contribution >= 0.6 is 11.8 Å². The number of carbonyl (C=O) groups is 1. The normalized spacial score (nSPS) is 37.4. The van der Waals surface area contributed by atoms with Crippen LogP contribution in [0.4, 0.5) is 4.79 Å². The minimum Gasteiger partial charge on any atom is -0.341 e. The number of thioether (sulfide) groups is 1. The third-order valence-electron chi connectivity index (χ3n) is 2.81. The van der Waals surface area contributed by atoms with Gasteiger partial charge >= 0.3 is 6.03 Å². The maximum absolute atomic E-state index is 11.6. The van der Waals surface area contributed by atoms with Crippen LogP contribution in [0.2, 0.25) is 0 Å². The van der Waals surface area contributed by atoms with Gasteiger partial charge in [0, 0.05) is 11.3 Å². The van der Waals surface area contributed by atoms with Crippen molar-refractivity contribution in [1.82, 2.24) is 15.5 Å². The first kappa shape index (κ1) is 10.2. The summed E-state index contributed by atoms with van der Waals surface area (Å²) in [7, 11) is 0. The summed E-state index contributed by atoms with van der Waals surface area (Å²) in [4.78, 5) is 13.3. The molecular weight excluding hydrogens is 226 g/mol. The van der Waals surface area contributed by atoms with E-state index in [-0.39, 0.29) is 11.5 Å². The maximum Gasteiger partial charge on any atom is 0.322 e. The molecule has 16 heavy (non-hydrogen) atoms. The van der Waals surface area contributed by atoms with Crippen LogP contribution in [0.1, 0.15) is 0 Å². The topological polar surface area (TPSA) is 53.6 Å². The summed E-state index contributed by atoms with van der Waals surface area (Å²) in [6, 6.07) is 0.248. The predicted molar refractivity (Wildman–Crippen MR) is 61.6 cm³/mol. The summed E-state index contributed by atoms with van der Waals surface area (Å²) in [6.45, 7) is 0.656. The average Bonchev–Trinajstić information content (AvgIpc) is 2.73. The molecule has 3 aliphatic rings. The lowest BCUT2D eigenvalue weighted by Crippen LogP contribution is -2.54. The Morgan fingerprint density at radius 1 is 1.44 bits per heavy atom. The molecule has 0 aromatic rings. The molecule has 6 heteroatoms. The summed E-state index contributed by atoms with van der Waals surface area (Å²) in [5.41, 5.74) is -0.0114. The van der Waals surface area contributed by atoms with E-state index in [2.05, 4.69) is 22.8 Å². The van der Waals surface area contributed by atoms with Crippen LogP contribution < -0.4 is 10.6 Å². The molecular formula is C10H13N3O2S. The van der Waals surface area contributed by atoms with E-state index in [0.29, 0.717) is 24.8 Å². The number of nitrogens with zero attached hydrogens (tertiary/aromatic N) is 1. The van der Waals surface area contributed by atoms with Gasteiger partial charge in [0.2, 0.25) is 0 Å². The van der Waals surface area contributed by atoms with Gasteiger partial charge in [-0.2, -0.15) is 0 Å². The number of nitrogens with one attached hydrogen (secondary N) is 2. The third kappa shape index (κ3) is 1.73. The molecule has 3 rings (SSSR count). The Bertz CT molecular complexity index is 338. The van der Waals surface area contributed by atoms with Crippen molar-refractivity contribution in [3.8, 4) is 0 Å². The Kier molecular flexibility index (Phi) is 2.62. The molecule has 2 heterocycles. The fraction of sp³-hybridized carbons (Fsp3) is 0.500. The van der Waals surface area contributed by atoms with E-state index in [1.165, 1.54) is 0 Å². The first-order valence-electron chi connectivity index (χ1n) is 5.23. The first-order valence-corrected chi connectivity index (χ1v) is 6.17. The van der Waals surface area contributed by atoms with Gasteiger partial charge in [0.25, 0.3) is 0 Å². The highest BCUT2D eigenvalue weighted by molar-refractivity contribution is 8.00. The fourth-order valence-corrected chi connectivity index (χ4v) is 3.33. The summed E-state index contributed by atoms with van der Waals surface area (Å²) in [5.74, 6) is 0. The molecule has 0 aromatic heterocycles. The van der Waals surface area contributed by atoms with Crippen molar-refractivity contribution in [1.29, 1.82) is 0 Å². The quantitative estimate of drug-likeness (QED) is 0.696. The number of urea groups is 1. The number of allylic oxidation sites excluding steroid dienone is 2. The van der Waals surface area contributed by atoms with E-state index in [1.807, 2.05) is 12.2 Å². The SMILES string of the molecule is O=C1NCOCN1C1NC2C=CC=CC2S1. The second-order valence-corrected chi connectivity index (χ2v) is 5.11. The summed E-state index contributed by atoms with van der Waals surface area (Å²) >= 11 is 1.74. The van der Waals surface area contributed by atoms with Gasteiger partial charge in [-0.3, -0.25) is 10.2 Å². The Morgan fingerprint density at radius 2 is 2.31 bits per heavy atom. The minimum atomic E-state index is -0.0668. The fourth-order valence-electron chi connectivity index (χ4n) is 1.97. The lowest BCUT2D eigenvalue weighted by Gasteiger charge is -2.31. The number of carbonyl (C=O) groups excluding carboxylic acids is 1. The van der Waals surface area contributed by atoms with Gasteiger partial charge in [0.05, 0.1) is 0 Å². The second-order valence-electron chi connectivity index (χ2n) is 3.84. The van der Waals surface area contributed by atoms with Crippen molar-refractivity contribution in [2.45, 2.75) is 16.8 Å². The van der Waals surface area contributed by atoms with Crippen LogP contribution in [0.25, 0.3) is 0 Å². The molecule has 2 fully saturated rings. The zero-order valence-electron chi connectivity index (χ0n) is 8.63. The van der Waals surface area contributed by atoms with E-state index in [4.69, 9.17) is 4.74 Å². The van der Waals surface area contributed by atoms with E-state index in [9.17, 15) is 4.79 Å². The Hall–Kier alpha value is -0.980. The van der Waals surface area contributed by atoms with Crippen molar-refractivity contribution in [2.75, 3.05) is 13.5 Å². The average molecular weight is 239 g/mol. The second kappa shape index (κ2) is 4.12. The van der Waals surface area contributed by atoms with E-state index in [1.54, 1.807) is 16.7 Å². The smallest absolute Gasteiger partial charge is 0.322 e. The van der Waals surface area contributed by atoms with Crippen LogP contribution in [-0.2, 0) is 4.74 Å². The van der Waals surface area contributed by atoms with E-state index < -0.39 is 0 Å². The number of rotatable bonds is 1. The van der Waals surface area contributed by atoms with Crippen molar-refractivity contribution >= 4 is 17.8 Å². The lowest BCUT2D eigenvalue weighted by molar-refractivity contribution is 0.00114. The monoisotopic (exact) mass is 239 g/mol. The summed E-state index contributed by atoms with van der Waals surface area (Å²) in [5, 5.41) is 6.48. The molecule has 3 unspecified atom stereocenters. The molecule has 2 aliphatic heterocycles. The summed E-state index contributed by atoms with van der Waals surface area (Å²) in [6.07, 6.45) is 8.36. The number of hydrogen-bond acceptors (Lipinski definition) is 4. The van der Waals surface area contributed by atoms with Crippen LogP contribution in [0, 0.1) is 0 Å². The van der Waals surface area contributed by atoms with Crippen LogP contribution in [-0.4, -0.2) is 41.2 Å². The Morgan fingerprint density at radius 3 is 3.12 bits per heavy atom. The molecule has 2 saturated heterocycles. The molecule has 0 saturated carbocycles. The molecule has 0 radical (unpaired) electrons. The van der Waals surface area contributed by atoms with Gasteiger partial charge in [0.1, 0.15) is 19.0 Å². The highest BCUT2D eigenvalue weighted by Gasteiger charge is 2.38. The first-order chi connectivity index (χ1) is 7.84. The predicted octanol–water partition coefficient (Wildman–Crippen LogP) is 0.426. The zero-order valence-corrected chi connectivity index (χ0v) is 9.44. The van der Waals surface area contributed by atoms with Crippen molar-refractivity contribution in [3.63, 3.8) is 0 Å². The molecule has 1 aliphatic carbocycles. The van der Waals surface area contributed by atoms with Crippen LogP contribution in [0.5, 0.6) is 0 Å². The highest BCUT2D eigenvalue weighted by Crippen LogP contribution is 2.32. The van der Waals surface area contributed by atoms with Crippen molar-refractivity contribution in [3.05, 3.63) is 24.3 Å². The van der Waals surface area contributed by atoms with Crippen molar-refractivity contribution < 1.29 is 9.53 Å². The lowest BCUT2D eigenvalue weighted by atomic mass is 10.1. The molecule has 3 atom stereocenters. The standard InChI is InChI=1S/C10H13N3O2S/c14-9-11-5-15-6-13(9)10-12-7-3-1-2-4-8(7)16-10/h1-4,7-8,10,12H,5-6H2,(H,11,14). The molecule has 0 aromatic carbocycles. The van der Waals surface area contributed by atoms with Crippen LogP contribution in [0.3, 0.4) is 0 Å². The molecule has 86 valence electrons. The van der Waals surface area contributed by atoms with Gasteiger partial charge in [-0.05, 0) is 0 Å². The van der Waals surface area contributed by atoms with Crippen molar-refractivity contribution in [2.24, 2.45) is 0 Å². The Labute approximate surface area is 97.9 Å². The molecule has 0 spiro atoms. The van der Waals surface area contributed by atoms with E-state index in [0.717, 1.165) is 0 Å². The Balaban J connectivity index is 1.70. The van der Waals surface area contributed by atoms with Gasteiger partial charge < -0.3 is 10.1 Å². The third-order valence-corrected chi connectivity index (χ3v) is 4.22. The van der Waals surface area contributed by atoms with E-state index >= 15 is 0 Å². The molecule has 0 bridgehead atoms. The number of hydrogen-bond donors (Lipinski definition) is 2. The van der Waals surface area contributed by atoms with Gasteiger partial charge in [0.15, 0.2) is 0 Å². The van der Waals surface area contributed by atoms with Gasteiger partial charge in [-0.1, -0.05) is 24.3 Å². The molecule has 2 amide bonds. The highest BCUT2D eigenvalue weighted by atomic mass is 32.2. The van der Waals surface area contributed by atoms with Crippen LogP contribution in [0.15, 0.2) is 24.3 Å². The molecule has 5 nitrogen and oxygen atoms in total. The minimum absolute atomic E-state index is 0.0114.